The van der Waals surface area contributed by atoms with Crippen LogP contribution in [0.5, 0.6) is 0 Å². The Morgan fingerprint density at radius 2 is 1.02 bits per heavy atom. The predicted molar refractivity (Wildman–Crippen MR) is 202 cm³/mol. The summed E-state index contributed by atoms with van der Waals surface area (Å²) in [5.74, 6) is -2.15. The Balaban J connectivity index is 1.34. The maximum atomic E-state index is 12.9. The maximum absolute atomic E-state index is 12.9. The zero-order valence-corrected chi connectivity index (χ0v) is 32.5. The molecule has 0 bridgehead atoms. The highest BCUT2D eigenvalue weighted by Crippen LogP contribution is 2.20. The smallest absolute Gasteiger partial charge is 0.317 e. The van der Waals surface area contributed by atoms with E-state index in [-0.39, 0.29) is 38.0 Å². The maximum Gasteiger partial charge on any atom is 0.317 e. The van der Waals surface area contributed by atoms with Crippen LogP contribution in [0.2, 0.25) is 0 Å². The lowest BCUT2D eigenvalue weighted by atomic mass is 10.0. The highest BCUT2D eigenvalue weighted by Gasteiger charge is 2.29. The first-order chi connectivity index (χ1) is 25.4. The van der Waals surface area contributed by atoms with Gasteiger partial charge < -0.3 is 30.4 Å². The van der Waals surface area contributed by atoms with Crippen LogP contribution in [0.15, 0.2) is 0 Å². The van der Waals surface area contributed by atoms with Crippen molar-refractivity contribution in [2.24, 2.45) is 5.92 Å². The van der Waals surface area contributed by atoms with E-state index in [9.17, 15) is 39.3 Å². The van der Waals surface area contributed by atoms with E-state index in [2.05, 4.69) is 29.0 Å². The summed E-state index contributed by atoms with van der Waals surface area (Å²) in [7, 11) is 0. The molecule has 3 aliphatic rings. The number of carbonyl (C=O) groups is 5. The number of carboxylic acid groups (broad SMARTS) is 3. The molecule has 0 saturated carbocycles. The monoisotopic (exact) mass is 753 g/mol. The summed E-state index contributed by atoms with van der Waals surface area (Å²) < 4.78 is 0. The molecule has 0 spiro atoms. The van der Waals surface area contributed by atoms with E-state index in [0.717, 1.165) is 77.3 Å². The molecule has 16 heteroatoms. The van der Waals surface area contributed by atoms with Gasteiger partial charge in [-0.25, -0.2) is 0 Å². The van der Waals surface area contributed by atoms with Crippen molar-refractivity contribution in [2.45, 2.75) is 71.3 Å². The Morgan fingerprint density at radius 1 is 0.566 bits per heavy atom. The second-order valence-electron chi connectivity index (χ2n) is 15.5. The summed E-state index contributed by atoms with van der Waals surface area (Å²) in [5, 5.41) is 31.1. The number of hydrogen-bond acceptors (Lipinski definition) is 11. The van der Waals surface area contributed by atoms with Gasteiger partial charge in [0.25, 0.3) is 0 Å². The van der Waals surface area contributed by atoms with Gasteiger partial charge in [-0.05, 0) is 51.0 Å². The molecule has 53 heavy (non-hydrogen) atoms. The second-order valence-corrected chi connectivity index (χ2v) is 15.5. The fourth-order valence-corrected chi connectivity index (χ4v) is 7.56. The van der Waals surface area contributed by atoms with Gasteiger partial charge in [0, 0.05) is 111 Å². The van der Waals surface area contributed by atoms with Gasteiger partial charge >= 0.3 is 17.9 Å². The van der Waals surface area contributed by atoms with Crippen molar-refractivity contribution in [3.05, 3.63) is 0 Å². The highest BCUT2D eigenvalue weighted by atomic mass is 16.4. The van der Waals surface area contributed by atoms with E-state index in [1.165, 1.54) is 19.4 Å². The number of piperazine rings is 1. The lowest BCUT2D eigenvalue weighted by Crippen LogP contribution is -2.53. The average Bonchev–Trinajstić information content (AvgIpc) is 3.10. The molecule has 0 atom stereocenters. The molecular formula is C37H68N8O8. The van der Waals surface area contributed by atoms with Crippen LogP contribution in [0.4, 0.5) is 0 Å². The van der Waals surface area contributed by atoms with Gasteiger partial charge in [-0.3, -0.25) is 48.5 Å². The Hall–Kier alpha value is -2.89. The number of amides is 2. The van der Waals surface area contributed by atoms with Gasteiger partial charge in [-0.15, -0.1) is 0 Å². The molecule has 2 amide bonds. The third-order valence-corrected chi connectivity index (χ3v) is 10.8. The van der Waals surface area contributed by atoms with Crippen molar-refractivity contribution in [1.82, 2.24) is 39.6 Å². The topological polar surface area (TPSA) is 181 Å². The third kappa shape index (κ3) is 18.8. The van der Waals surface area contributed by atoms with Gasteiger partial charge in [-0.1, -0.05) is 20.3 Å². The molecule has 0 aromatic heterocycles. The summed E-state index contributed by atoms with van der Waals surface area (Å²) in [6, 6.07) is 0.575. The lowest BCUT2D eigenvalue weighted by Gasteiger charge is -2.43. The van der Waals surface area contributed by atoms with Gasteiger partial charge in [-0.2, -0.15) is 0 Å². The standard InChI is InChI=1S/C37H68N8O8/c1-31(2)7-6-12-39-23-25-44(26-24-39)32-9-13-45(14-10-32)34(47)8-4-3-5-11-38-33(46)27-40-15-17-41(28-35(48)49)19-21-43(30-37(52)53)22-20-42(18-16-40)29-36(50)51/h31-32H,3-30H2,1-2H3,(H,38,46)(H,48,49)(H,50,51)(H,52,53). The van der Waals surface area contributed by atoms with Crippen molar-refractivity contribution >= 4 is 29.7 Å². The van der Waals surface area contributed by atoms with Crippen molar-refractivity contribution in [2.75, 3.05) is 131 Å². The SMILES string of the molecule is CC(C)CCCN1CCN(C2CCN(C(=O)CCCCCNC(=O)CN3CCN(CC(=O)O)CCN(CC(=O)O)CCN(CC(=O)O)CC3)CC2)CC1. The first-order valence-corrected chi connectivity index (χ1v) is 19.9. The number of aliphatic carboxylic acids is 3. The van der Waals surface area contributed by atoms with E-state index in [1.54, 1.807) is 14.7 Å². The van der Waals surface area contributed by atoms with Crippen molar-refractivity contribution in [3.8, 4) is 0 Å². The fraction of sp³-hybridized carbons (Fsp3) is 0.865. The highest BCUT2D eigenvalue weighted by molar-refractivity contribution is 5.78. The molecule has 0 aliphatic carbocycles. The lowest BCUT2D eigenvalue weighted by molar-refractivity contribution is -0.140. The summed E-state index contributed by atoms with van der Waals surface area (Å²) in [6.45, 7) is 14.8. The molecule has 4 N–H and O–H groups in total. The Kier molecular flexibility index (Phi) is 20.6. The fourth-order valence-electron chi connectivity index (χ4n) is 7.56. The van der Waals surface area contributed by atoms with E-state index in [0.29, 0.717) is 71.4 Å². The van der Waals surface area contributed by atoms with Crippen LogP contribution >= 0.6 is 0 Å². The third-order valence-electron chi connectivity index (χ3n) is 10.8. The van der Waals surface area contributed by atoms with Gasteiger partial charge in [0.1, 0.15) is 0 Å². The van der Waals surface area contributed by atoms with Crippen molar-refractivity contribution in [1.29, 1.82) is 0 Å². The van der Waals surface area contributed by atoms with Gasteiger partial charge in [0.15, 0.2) is 0 Å². The van der Waals surface area contributed by atoms with Crippen LogP contribution in [0, 0.1) is 5.92 Å². The number of nitrogens with zero attached hydrogens (tertiary/aromatic N) is 7. The molecule has 0 radical (unpaired) electrons. The molecule has 3 heterocycles. The van der Waals surface area contributed by atoms with Crippen LogP contribution in [-0.4, -0.2) is 216 Å². The first kappa shape index (κ1) is 44.5. The van der Waals surface area contributed by atoms with E-state index < -0.39 is 17.9 Å². The normalized spacial score (nSPS) is 20.5. The summed E-state index contributed by atoms with van der Waals surface area (Å²) in [6.07, 6.45) is 7.56. The Labute approximate surface area is 316 Å². The van der Waals surface area contributed by atoms with E-state index in [4.69, 9.17) is 0 Å². The molecular weight excluding hydrogens is 684 g/mol. The number of unbranched alkanes of at least 4 members (excludes halogenated alkanes) is 2. The molecule has 3 saturated heterocycles. The van der Waals surface area contributed by atoms with Crippen LogP contribution in [0.3, 0.4) is 0 Å². The molecule has 16 nitrogen and oxygen atoms in total. The van der Waals surface area contributed by atoms with Crippen LogP contribution in [0.1, 0.15) is 65.2 Å². The zero-order valence-electron chi connectivity index (χ0n) is 32.5. The molecule has 304 valence electrons. The van der Waals surface area contributed by atoms with Crippen LogP contribution in [-0.2, 0) is 24.0 Å². The number of carbonyl (C=O) groups excluding carboxylic acids is 2. The number of nitrogens with one attached hydrogen (secondary N) is 1. The van der Waals surface area contributed by atoms with Crippen LogP contribution < -0.4 is 5.32 Å². The molecule has 0 aromatic carbocycles. The minimum absolute atomic E-state index is 0.0926. The predicted octanol–water partition coefficient (Wildman–Crippen LogP) is 0.183. The molecule has 0 aromatic rings. The molecule has 3 aliphatic heterocycles. The minimum Gasteiger partial charge on any atom is -0.480 e. The Bertz CT molecular complexity index is 1100. The summed E-state index contributed by atoms with van der Waals surface area (Å²) in [5.41, 5.74) is 0. The number of hydrogen-bond donors (Lipinski definition) is 4. The van der Waals surface area contributed by atoms with Crippen molar-refractivity contribution < 1.29 is 39.3 Å². The summed E-state index contributed by atoms with van der Waals surface area (Å²) >= 11 is 0. The summed E-state index contributed by atoms with van der Waals surface area (Å²) in [4.78, 5) is 74.6. The average molecular weight is 753 g/mol. The quantitative estimate of drug-likeness (QED) is 0.131. The molecule has 3 rings (SSSR count). The van der Waals surface area contributed by atoms with Gasteiger partial charge in [0.2, 0.25) is 11.8 Å². The minimum atomic E-state index is -1.00. The van der Waals surface area contributed by atoms with Gasteiger partial charge in [0.05, 0.1) is 26.2 Å². The van der Waals surface area contributed by atoms with E-state index in [1.807, 2.05) is 9.80 Å². The largest absolute Gasteiger partial charge is 0.480 e. The zero-order chi connectivity index (χ0) is 38.6. The number of carboxylic acids is 3. The first-order valence-electron chi connectivity index (χ1n) is 19.9. The van der Waals surface area contributed by atoms with Crippen LogP contribution in [0.25, 0.3) is 0 Å². The number of likely N-dealkylation sites (tertiary alicyclic amines) is 1. The number of rotatable bonds is 19. The van der Waals surface area contributed by atoms with E-state index >= 15 is 0 Å². The van der Waals surface area contributed by atoms with Crippen molar-refractivity contribution in [3.63, 3.8) is 0 Å². The molecule has 3 fully saturated rings. The molecule has 0 unspecified atom stereocenters. The number of piperidine rings is 1. The Morgan fingerprint density at radius 3 is 1.47 bits per heavy atom. The second kappa shape index (κ2) is 24.5.